The number of carbonyl (C=O) groups excluding carboxylic acids is 2. The van der Waals surface area contributed by atoms with Gasteiger partial charge in [-0.2, -0.15) is 0 Å². The predicted molar refractivity (Wildman–Crippen MR) is 106 cm³/mol. The van der Waals surface area contributed by atoms with Gasteiger partial charge in [-0.15, -0.1) is 11.3 Å². The van der Waals surface area contributed by atoms with Crippen molar-refractivity contribution in [3.63, 3.8) is 0 Å². The summed E-state index contributed by atoms with van der Waals surface area (Å²) < 4.78 is 16.6. The molecule has 0 spiro atoms. The van der Waals surface area contributed by atoms with Gasteiger partial charge in [0.1, 0.15) is 10.6 Å². The molecular formula is C20H20N2O5S. The fraction of sp³-hybridized carbons (Fsp3) is 0.250. The van der Waals surface area contributed by atoms with Crippen molar-refractivity contribution in [2.45, 2.75) is 6.54 Å². The molecule has 1 aromatic heterocycles. The third-order valence-electron chi connectivity index (χ3n) is 4.09. The first-order valence-electron chi connectivity index (χ1n) is 8.50. The van der Waals surface area contributed by atoms with Crippen LogP contribution in [0.2, 0.25) is 0 Å². The number of thiazole rings is 1. The van der Waals surface area contributed by atoms with Gasteiger partial charge in [-0.25, -0.2) is 9.78 Å². The number of fused-ring (bicyclic) bond motifs is 1. The average Bonchev–Trinajstić information content (AvgIpc) is 3.13. The number of likely N-dealkylation sites (N-methyl/N-ethyl adjacent to an activating group) is 1. The Bertz CT molecular complexity index is 968. The van der Waals surface area contributed by atoms with Crippen LogP contribution in [-0.2, 0) is 16.1 Å². The first kappa shape index (κ1) is 19.6. The van der Waals surface area contributed by atoms with Gasteiger partial charge in [0, 0.05) is 7.05 Å². The molecule has 3 rings (SSSR count). The van der Waals surface area contributed by atoms with E-state index in [4.69, 9.17) is 14.2 Å². The Morgan fingerprint density at radius 2 is 1.86 bits per heavy atom. The molecule has 0 aliphatic heterocycles. The molecule has 0 radical (unpaired) electrons. The highest BCUT2D eigenvalue weighted by atomic mass is 32.1. The van der Waals surface area contributed by atoms with E-state index in [0.717, 1.165) is 15.2 Å². The normalized spacial score (nSPS) is 10.5. The standard InChI is InChI=1S/C20H20N2O5S/c1-22(11-17-21-14-8-4-5-10-16(14)28-17)18(23)12-27-20(24)13-7-6-9-15(25-2)19(13)26-3/h4-10H,11-12H2,1-3H3. The van der Waals surface area contributed by atoms with Crippen LogP contribution in [0, 0.1) is 0 Å². The van der Waals surface area contributed by atoms with Crippen molar-refractivity contribution in [3.05, 3.63) is 53.0 Å². The lowest BCUT2D eigenvalue weighted by Crippen LogP contribution is -2.30. The Morgan fingerprint density at radius 3 is 2.57 bits per heavy atom. The molecule has 3 aromatic rings. The smallest absolute Gasteiger partial charge is 0.342 e. The zero-order chi connectivity index (χ0) is 20.1. The Morgan fingerprint density at radius 1 is 1.07 bits per heavy atom. The van der Waals surface area contributed by atoms with Crippen molar-refractivity contribution in [2.24, 2.45) is 0 Å². The summed E-state index contributed by atoms with van der Waals surface area (Å²) in [6.45, 7) is -0.0290. The minimum atomic E-state index is -0.655. The van der Waals surface area contributed by atoms with Gasteiger partial charge in [0.15, 0.2) is 18.1 Å². The Kier molecular flexibility index (Phi) is 6.10. The van der Waals surface area contributed by atoms with Gasteiger partial charge in [0.2, 0.25) is 0 Å². The van der Waals surface area contributed by atoms with E-state index < -0.39 is 5.97 Å². The average molecular weight is 400 g/mol. The van der Waals surface area contributed by atoms with Crippen LogP contribution in [0.1, 0.15) is 15.4 Å². The maximum atomic E-state index is 12.4. The molecule has 0 bridgehead atoms. The summed E-state index contributed by atoms with van der Waals surface area (Å²) in [5.74, 6) is -0.298. The molecule has 0 saturated heterocycles. The Hall–Kier alpha value is -3.13. The molecule has 28 heavy (non-hydrogen) atoms. The zero-order valence-corrected chi connectivity index (χ0v) is 16.6. The van der Waals surface area contributed by atoms with E-state index in [9.17, 15) is 9.59 Å². The van der Waals surface area contributed by atoms with Gasteiger partial charge in [-0.1, -0.05) is 18.2 Å². The summed E-state index contributed by atoms with van der Waals surface area (Å²) in [6.07, 6.45) is 0. The molecule has 1 amide bonds. The number of hydrogen-bond acceptors (Lipinski definition) is 7. The van der Waals surface area contributed by atoms with Crippen LogP contribution in [0.4, 0.5) is 0 Å². The maximum Gasteiger partial charge on any atom is 0.342 e. The summed E-state index contributed by atoms with van der Waals surface area (Å²) in [5, 5.41) is 0.817. The van der Waals surface area contributed by atoms with E-state index in [0.29, 0.717) is 12.3 Å². The molecule has 0 aliphatic carbocycles. The minimum absolute atomic E-state index is 0.198. The third-order valence-corrected chi connectivity index (χ3v) is 5.11. The van der Waals surface area contributed by atoms with Gasteiger partial charge < -0.3 is 19.1 Å². The molecular weight excluding hydrogens is 380 g/mol. The van der Waals surface area contributed by atoms with Crippen LogP contribution >= 0.6 is 11.3 Å². The van der Waals surface area contributed by atoms with Crippen LogP contribution in [0.3, 0.4) is 0 Å². The number of rotatable bonds is 7. The van der Waals surface area contributed by atoms with Gasteiger partial charge in [0.05, 0.1) is 31.0 Å². The number of carbonyl (C=O) groups is 2. The van der Waals surface area contributed by atoms with Crippen LogP contribution in [-0.4, -0.2) is 49.6 Å². The SMILES string of the molecule is COc1cccc(C(=O)OCC(=O)N(C)Cc2nc3ccccc3s2)c1OC. The number of esters is 1. The van der Waals surface area contributed by atoms with Crippen LogP contribution in [0.15, 0.2) is 42.5 Å². The second kappa shape index (κ2) is 8.71. The number of ether oxygens (including phenoxy) is 3. The number of amides is 1. The lowest BCUT2D eigenvalue weighted by atomic mass is 10.2. The van der Waals surface area contributed by atoms with Crippen molar-refractivity contribution in [3.8, 4) is 11.5 Å². The topological polar surface area (TPSA) is 78.0 Å². The van der Waals surface area contributed by atoms with Crippen molar-refractivity contribution >= 4 is 33.4 Å². The quantitative estimate of drug-likeness (QED) is 0.567. The molecule has 0 unspecified atom stereocenters. The van der Waals surface area contributed by atoms with Crippen molar-refractivity contribution in [1.82, 2.24) is 9.88 Å². The fourth-order valence-corrected chi connectivity index (χ4v) is 3.66. The first-order valence-corrected chi connectivity index (χ1v) is 9.31. The van der Waals surface area contributed by atoms with Gasteiger partial charge in [-0.05, 0) is 24.3 Å². The van der Waals surface area contributed by atoms with Crippen molar-refractivity contribution in [1.29, 1.82) is 0 Å². The lowest BCUT2D eigenvalue weighted by molar-refractivity contribution is -0.133. The van der Waals surface area contributed by atoms with Crippen LogP contribution < -0.4 is 9.47 Å². The second-order valence-electron chi connectivity index (χ2n) is 5.94. The van der Waals surface area contributed by atoms with Crippen LogP contribution in [0.25, 0.3) is 10.2 Å². The summed E-state index contributed by atoms with van der Waals surface area (Å²) in [6, 6.07) is 12.7. The Balaban J connectivity index is 1.61. The van der Waals surface area contributed by atoms with Crippen molar-refractivity contribution in [2.75, 3.05) is 27.9 Å². The number of benzene rings is 2. The largest absolute Gasteiger partial charge is 0.493 e. The summed E-state index contributed by atoms with van der Waals surface area (Å²) in [5.41, 5.74) is 1.10. The minimum Gasteiger partial charge on any atom is -0.493 e. The second-order valence-corrected chi connectivity index (χ2v) is 7.06. The third kappa shape index (κ3) is 4.23. The molecule has 0 saturated carbocycles. The summed E-state index contributed by atoms with van der Waals surface area (Å²) >= 11 is 1.53. The lowest BCUT2D eigenvalue weighted by Gasteiger charge is -2.16. The van der Waals surface area contributed by atoms with E-state index >= 15 is 0 Å². The molecule has 0 fully saturated rings. The number of aromatic nitrogens is 1. The fourth-order valence-electron chi connectivity index (χ4n) is 2.64. The number of para-hydroxylation sites is 2. The van der Waals surface area contributed by atoms with Crippen LogP contribution in [0.5, 0.6) is 11.5 Å². The van der Waals surface area contributed by atoms with E-state index in [1.807, 2.05) is 24.3 Å². The number of hydrogen-bond donors (Lipinski definition) is 0. The molecule has 0 N–H and O–H groups in total. The monoisotopic (exact) mass is 400 g/mol. The molecule has 146 valence electrons. The molecule has 0 atom stereocenters. The van der Waals surface area contributed by atoms with Gasteiger partial charge in [-0.3, -0.25) is 4.79 Å². The highest BCUT2D eigenvalue weighted by Gasteiger charge is 2.20. The van der Waals surface area contributed by atoms with E-state index in [-0.39, 0.29) is 23.8 Å². The van der Waals surface area contributed by atoms with E-state index in [1.165, 1.54) is 30.5 Å². The molecule has 8 heteroatoms. The van der Waals surface area contributed by atoms with Gasteiger partial charge in [0.25, 0.3) is 5.91 Å². The number of nitrogens with zero attached hydrogens (tertiary/aromatic N) is 2. The van der Waals surface area contributed by atoms with Crippen molar-refractivity contribution < 1.29 is 23.8 Å². The summed E-state index contributed by atoms with van der Waals surface area (Å²) in [7, 11) is 4.56. The highest BCUT2D eigenvalue weighted by Crippen LogP contribution is 2.31. The Labute approximate surface area is 166 Å². The number of methoxy groups -OCH3 is 2. The predicted octanol–water partition coefficient (Wildman–Crippen LogP) is 3.13. The first-order chi connectivity index (χ1) is 13.5. The molecule has 7 nitrogen and oxygen atoms in total. The molecule has 0 aliphatic rings. The molecule has 1 heterocycles. The summed E-state index contributed by atoms with van der Waals surface area (Å²) in [4.78, 5) is 30.7. The van der Waals surface area contributed by atoms with E-state index in [2.05, 4.69) is 4.98 Å². The van der Waals surface area contributed by atoms with Gasteiger partial charge >= 0.3 is 5.97 Å². The highest BCUT2D eigenvalue weighted by molar-refractivity contribution is 7.18. The zero-order valence-electron chi connectivity index (χ0n) is 15.8. The molecule has 2 aromatic carbocycles. The maximum absolute atomic E-state index is 12.4. The van der Waals surface area contributed by atoms with E-state index in [1.54, 1.807) is 25.2 Å².